The van der Waals surface area contributed by atoms with Gasteiger partial charge in [0.1, 0.15) is 0 Å². The van der Waals surface area contributed by atoms with E-state index >= 15 is 0 Å². The van der Waals surface area contributed by atoms with Gasteiger partial charge in [-0.15, -0.1) is 0 Å². The minimum Gasteiger partial charge on any atom is -0.469 e. The van der Waals surface area contributed by atoms with E-state index in [9.17, 15) is 19.2 Å². The van der Waals surface area contributed by atoms with Gasteiger partial charge in [-0.1, -0.05) is 28.1 Å². The molecular weight excluding hydrogens is 460 g/mol. The van der Waals surface area contributed by atoms with Gasteiger partial charge in [-0.2, -0.15) is 0 Å². The van der Waals surface area contributed by atoms with Gasteiger partial charge in [0.2, 0.25) is 0 Å². The summed E-state index contributed by atoms with van der Waals surface area (Å²) in [5.74, 6) is -4.82. The summed E-state index contributed by atoms with van der Waals surface area (Å²) >= 11 is 3.36. The van der Waals surface area contributed by atoms with E-state index in [0.717, 1.165) is 0 Å². The molecule has 6 atom stereocenters. The predicted molar refractivity (Wildman–Crippen MR) is 105 cm³/mol. The number of halogens is 1. The average molecular weight is 481 g/mol. The highest BCUT2D eigenvalue weighted by atomic mass is 79.9. The monoisotopic (exact) mass is 480 g/mol. The number of hydrogen-bond acceptors (Lipinski definition) is 8. The van der Waals surface area contributed by atoms with Gasteiger partial charge in [0.05, 0.1) is 44.8 Å². The summed E-state index contributed by atoms with van der Waals surface area (Å²) in [5, 5.41) is 0. The highest BCUT2D eigenvalue weighted by Gasteiger charge is 2.89. The molecule has 160 valence electrons. The molecule has 0 spiro atoms. The van der Waals surface area contributed by atoms with Crippen LogP contribution in [0.3, 0.4) is 0 Å². The van der Waals surface area contributed by atoms with Crippen LogP contribution in [0.4, 0.5) is 0 Å². The molecule has 0 saturated heterocycles. The molecule has 0 amide bonds. The molecule has 2 bridgehead atoms. The Balaban J connectivity index is 2.07. The lowest BCUT2D eigenvalue weighted by atomic mass is 9.32. The zero-order chi connectivity index (χ0) is 22.0. The van der Waals surface area contributed by atoms with Gasteiger partial charge >= 0.3 is 23.9 Å². The normalized spacial score (nSPS) is 37.4. The Labute approximate surface area is 181 Å². The third kappa shape index (κ3) is 2.01. The minimum absolute atomic E-state index is 0.195. The Morgan fingerprint density at radius 3 is 1.80 bits per heavy atom. The molecule has 0 heterocycles. The Kier molecular flexibility index (Phi) is 4.72. The van der Waals surface area contributed by atoms with E-state index < -0.39 is 46.5 Å². The first-order valence-electron chi connectivity index (χ1n) is 9.41. The molecule has 0 aliphatic heterocycles. The van der Waals surface area contributed by atoms with Crippen molar-refractivity contribution in [1.29, 1.82) is 0 Å². The van der Waals surface area contributed by atoms with Crippen LogP contribution in [0.5, 0.6) is 0 Å². The molecular formula is C21H21BrO8. The Hall–Kier alpha value is -2.42. The first-order valence-corrected chi connectivity index (χ1v) is 10.2. The highest BCUT2D eigenvalue weighted by Crippen LogP contribution is 2.83. The number of carbonyl (C=O) groups excluding carboxylic acids is 4. The lowest BCUT2D eigenvalue weighted by molar-refractivity contribution is -0.230. The summed E-state index contributed by atoms with van der Waals surface area (Å²) in [4.78, 5) is 52.2. The van der Waals surface area contributed by atoms with Crippen molar-refractivity contribution in [2.75, 3.05) is 28.4 Å². The molecule has 4 aliphatic rings. The van der Waals surface area contributed by atoms with Crippen molar-refractivity contribution in [3.05, 3.63) is 33.9 Å². The highest BCUT2D eigenvalue weighted by molar-refractivity contribution is 9.12. The molecule has 2 saturated carbocycles. The molecule has 30 heavy (non-hydrogen) atoms. The van der Waals surface area contributed by atoms with E-state index in [4.69, 9.17) is 18.9 Å². The van der Waals surface area contributed by atoms with E-state index in [1.165, 1.54) is 34.5 Å². The van der Waals surface area contributed by atoms with E-state index in [1.54, 1.807) is 0 Å². The number of ether oxygens (including phenoxy) is 4. The molecule has 9 heteroatoms. The summed E-state index contributed by atoms with van der Waals surface area (Å²) < 4.78 is 20.6. The molecule has 0 aromatic rings. The number of hydrogen-bond donors (Lipinski definition) is 0. The molecule has 0 unspecified atom stereocenters. The zero-order valence-electron chi connectivity index (χ0n) is 16.9. The molecule has 4 aliphatic carbocycles. The van der Waals surface area contributed by atoms with Crippen LogP contribution < -0.4 is 0 Å². The van der Waals surface area contributed by atoms with Crippen molar-refractivity contribution in [2.45, 2.75) is 6.42 Å². The number of esters is 4. The fraction of sp³-hybridized carbons (Fsp3) is 0.524. The lowest BCUT2D eigenvalue weighted by Crippen LogP contribution is -2.76. The number of methoxy groups -OCH3 is 4. The molecule has 4 rings (SSSR count). The van der Waals surface area contributed by atoms with Gasteiger partial charge in [0.25, 0.3) is 0 Å². The average Bonchev–Trinajstić information content (AvgIpc) is 3.31. The first kappa shape index (κ1) is 20.8. The molecule has 2 fully saturated rings. The minimum atomic E-state index is -1.39. The fourth-order valence-corrected chi connectivity index (χ4v) is 7.19. The standard InChI is InChI=1S/C21H21BrO8/c1-27-16(23)11-8-12(22)13(17(24)28-2)15-14(11)20(18(25)29-3)9-5-6-10(7-9)21(15,20)19(26)30-4/h5-6,8-10,14-15H,7H2,1-4H3/t9-,10+,14-,15+,20-,21+/m1/s1. The maximum absolute atomic E-state index is 13.4. The lowest BCUT2D eigenvalue weighted by Gasteiger charge is -2.67. The summed E-state index contributed by atoms with van der Waals surface area (Å²) in [7, 11) is 4.98. The first-order chi connectivity index (χ1) is 14.3. The molecule has 0 aromatic heterocycles. The van der Waals surface area contributed by atoms with Gasteiger partial charge in [-0.25, -0.2) is 9.59 Å². The topological polar surface area (TPSA) is 105 Å². The van der Waals surface area contributed by atoms with Crippen molar-refractivity contribution in [3.63, 3.8) is 0 Å². The molecule has 0 N–H and O–H groups in total. The number of fused-ring (bicyclic) bond motifs is 8. The number of allylic oxidation sites excluding steroid dienone is 4. The zero-order valence-corrected chi connectivity index (χ0v) is 18.5. The third-order valence-electron chi connectivity index (χ3n) is 7.31. The molecule has 0 radical (unpaired) electrons. The van der Waals surface area contributed by atoms with Gasteiger partial charge < -0.3 is 18.9 Å². The van der Waals surface area contributed by atoms with E-state index in [1.807, 2.05) is 12.2 Å². The Morgan fingerprint density at radius 1 is 0.833 bits per heavy atom. The van der Waals surface area contributed by atoms with Crippen molar-refractivity contribution in [2.24, 2.45) is 34.5 Å². The van der Waals surface area contributed by atoms with Crippen LogP contribution in [0.25, 0.3) is 0 Å². The summed E-state index contributed by atoms with van der Waals surface area (Å²) in [5.41, 5.74) is -2.38. The third-order valence-corrected chi connectivity index (χ3v) is 7.97. The number of carbonyl (C=O) groups is 4. The summed E-state index contributed by atoms with van der Waals surface area (Å²) in [6.45, 7) is 0. The van der Waals surface area contributed by atoms with Crippen molar-refractivity contribution >= 4 is 39.8 Å². The Bertz CT molecular complexity index is 962. The van der Waals surface area contributed by atoms with Crippen molar-refractivity contribution < 1.29 is 38.1 Å². The SMILES string of the molecule is COC(=O)C1=CC(Br)=C(C(=O)OC)[C@H]2[C@@H]1[C@@]1(C(=O)OC)[C@@H]3C=C[C@@H](C3)[C@@]21C(=O)OC. The van der Waals surface area contributed by atoms with Crippen LogP contribution in [-0.4, -0.2) is 52.3 Å². The second kappa shape index (κ2) is 6.80. The van der Waals surface area contributed by atoms with Crippen LogP contribution >= 0.6 is 15.9 Å². The van der Waals surface area contributed by atoms with E-state index in [0.29, 0.717) is 10.9 Å². The van der Waals surface area contributed by atoms with E-state index in [2.05, 4.69) is 15.9 Å². The van der Waals surface area contributed by atoms with Gasteiger partial charge in [0, 0.05) is 21.9 Å². The van der Waals surface area contributed by atoms with Gasteiger partial charge in [0.15, 0.2) is 0 Å². The smallest absolute Gasteiger partial charge is 0.335 e. The Morgan fingerprint density at radius 2 is 1.33 bits per heavy atom. The van der Waals surface area contributed by atoms with Gasteiger partial charge in [-0.05, 0) is 24.3 Å². The maximum atomic E-state index is 13.4. The molecule has 8 nitrogen and oxygen atoms in total. The fourth-order valence-electron chi connectivity index (χ4n) is 6.54. The van der Waals surface area contributed by atoms with Crippen molar-refractivity contribution in [3.8, 4) is 0 Å². The van der Waals surface area contributed by atoms with Crippen LogP contribution in [-0.2, 0) is 38.1 Å². The summed E-state index contributed by atoms with van der Waals surface area (Å²) in [6, 6.07) is 0. The van der Waals surface area contributed by atoms with Crippen LogP contribution in [0.2, 0.25) is 0 Å². The van der Waals surface area contributed by atoms with Crippen LogP contribution in [0.15, 0.2) is 33.9 Å². The second-order valence-electron chi connectivity index (χ2n) is 7.85. The van der Waals surface area contributed by atoms with E-state index in [-0.39, 0.29) is 23.0 Å². The maximum Gasteiger partial charge on any atom is 0.335 e. The predicted octanol–water partition coefficient (Wildman–Crippen LogP) is 1.69. The number of rotatable bonds is 4. The quantitative estimate of drug-likeness (QED) is 0.340. The second-order valence-corrected chi connectivity index (χ2v) is 8.71. The molecule has 0 aromatic carbocycles. The van der Waals surface area contributed by atoms with Gasteiger partial charge in [-0.3, -0.25) is 9.59 Å². The summed E-state index contributed by atoms with van der Waals surface area (Å²) in [6.07, 6.45) is 5.76. The van der Waals surface area contributed by atoms with Crippen LogP contribution in [0.1, 0.15) is 6.42 Å². The largest absolute Gasteiger partial charge is 0.469 e. The van der Waals surface area contributed by atoms with Crippen molar-refractivity contribution in [1.82, 2.24) is 0 Å². The van der Waals surface area contributed by atoms with Crippen LogP contribution in [0, 0.1) is 34.5 Å².